The summed E-state index contributed by atoms with van der Waals surface area (Å²) in [4.78, 5) is 13.0. The zero-order chi connectivity index (χ0) is 28.2. The molecule has 0 aliphatic heterocycles. The van der Waals surface area contributed by atoms with E-state index in [1.54, 1.807) is 14.2 Å². The van der Waals surface area contributed by atoms with E-state index in [0.717, 1.165) is 37.7 Å². The van der Waals surface area contributed by atoms with Crippen molar-refractivity contribution in [1.82, 2.24) is 5.32 Å². The Morgan fingerprint density at radius 2 is 1.82 bits per heavy atom. The highest BCUT2D eigenvalue weighted by atomic mass is 16.5. The van der Waals surface area contributed by atoms with Crippen LogP contribution in [0.15, 0.2) is 18.2 Å². The lowest BCUT2D eigenvalue weighted by molar-refractivity contribution is -0.129. The minimum absolute atomic E-state index is 0.0536. The fourth-order valence-electron chi connectivity index (χ4n) is 5.26. The summed E-state index contributed by atoms with van der Waals surface area (Å²) in [6.07, 6.45) is 3.68. The smallest absolute Gasteiger partial charge is 0.223 e. The molecule has 6 atom stereocenters. The highest BCUT2D eigenvalue weighted by Gasteiger charge is 2.33. The normalized spacial score (nSPS) is 20.8. The molecule has 0 spiro atoms. The summed E-state index contributed by atoms with van der Waals surface area (Å²) in [6.45, 7) is 9.51. The van der Waals surface area contributed by atoms with Crippen molar-refractivity contribution in [3.05, 3.63) is 23.8 Å². The average Bonchev–Trinajstić information content (AvgIpc) is 3.28. The van der Waals surface area contributed by atoms with Crippen molar-refractivity contribution < 1.29 is 29.2 Å². The Balaban J connectivity index is 2.01. The third-order valence-electron chi connectivity index (χ3n) is 7.93. The SMILES string of the molecule is COCCCOc1cc(C[C@@H](C[C@H](N)[C@@H](O)C[C@H](C(=O)N[C@H]2CCC[C@@H]2O)C(C)C)C(C)C)ccc1OC. The van der Waals surface area contributed by atoms with Gasteiger partial charge in [0.25, 0.3) is 0 Å². The number of nitrogens with two attached hydrogens (primary N) is 1. The van der Waals surface area contributed by atoms with Crippen LogP contribution in [0.1, 0.15) is 71.8 Å². The number of ether oxygens (including phenoxy) is 3. The number of nitrogens with one attached hydrogen (secondary N) is 1. The van der Waals surface area contributed by atoms with E-state index in [0.29, 0.717) is 43.5 Å². The summed E-state index contributed by atoms with van der Waals surface area (Å²) in [5.74, 6) is 1.60. The van der Waals surface area contributed by atoms with Gasteiger partial charge in [-0.1, -0.05) is 33.8 Å². The Bertz CT molecular complexity index is 833. The highest BCUT2D eigenvalue weighted by Crippen LogP contribution is 2.32. The van der Waals surface area contributed by atoms with E-state index in [9.17, 15) is 15.0 Å². The molecular weight excluding hydrogens is 484 g/mol. The van der Waals surface area contributed by atoms with E-state index in [1.807, 2.05) is 26.0 Å². The zero-order valence-corrected chi connectivity index (χ0v) is 24.3. The van der Waals surface area contributed by atoms with Crippen molar-refractivity contribution in [2.24, 2.45) is 29.4 Å². The second-order valence-electron chi connectivity index (χ2n) is 11.6. The van der Waals surface area contributed by atoms with E-state index >= 15 is 0 Å². The van der Waals surface area contributed by atoms with Crippen LogP contribution in [-0.4, -0.2) is 67.8 Å². The molecule has 1 fully saturated rings. The number of carbonyl (C=O) groups is 1. The summed E-state index contributed by atoms with van der Waals surface area (Å²) in [5, 5.41) is 24.2. The molecule has 1 aliphatic rings. The molecule has 0 aromatic heterocycles. The number of methoxy groups -OCH3 is 2. The minimum Gasteiger partial charge on any atom is -0.493 e. The number of aliphatic hydroxyl groups excluding tert-OH is 2. The first kappa shape index (κ1) is 32.3. The van der Waals surface area contributed by atoms with E-state index in [2.05, 4.69) is 25.2 Å². The molecule has 218 valence electrons. The fraction of sp³-hybridized carbons (Fsp3) is 0.767. The van der Waals surface area contributed by atoms with Gasteiger partial charge in [0.1, 0.15) is 0 Å². The first-order valence-corrected chi connectivity index (χ1v) is 14.3. The quantitative estimate of drug-likeness (QED) is 0.224. The minimum atomic E-state index is -0.793. The van der Waals surface area contributed by atoms with Gasteiger partial charge in [0, 0.05) is 32.1 Å². The van der Waals surface area contributed by atoms with Gasteiger partial charge in [-0.2, -0.15) is 0 Å². The van der Waals surface area contributed by atoms with Crippen LogP contribution < -0.4 is 20.5 Å². The maximum Gasteiger partial charge on any atom is 0.223 e. The summed E-state index contributed by atoms with van der Waals surface area (Å²) < 4.78 is 16.5. The Labute approximate surface area is 229 Å². The molecular formula is C30H52N2O6. The van der Waals surface area contributed by atoms with E-state index in [4.69, 9.17) is 19.9 Å². The second-order valence-corrected chi connectivity index (χ2v) is 11.6. The van der Waals surface area contributed by atoms with E-state index in [-0.39, 0.29) is 29.7 Å². The number of rotatable bonds is 17. The zero-order valence-electron chi connectivity index (χ0n) is 24.3. The summed E-state index contributed by atoms with van der Waals surface area (Å²) in [7, 11) is 3.31. The molecule has 0 saturated heterocycles. The van der Waals surface area contributed by atoms with Crippen LogP contribution in [0.3, 0.4) is 0 Å². The molecule has 2 rings (SSSR count). The molecule has 0 heterocycles. The monoisotopic (exact) mass is 536 g/mol. The molecule has 38 heavy (non-hydrogen) atoms. The van der Waals surface area contributed by atoms with Crippen molar-refractivity contribution in [2.45, 2.75) is 96.9 Å². The molecule has 1 aliphatic carbocycles. The van der Waals surface area contributed by atoms with Gasteiger partial charge in [0.05, 0.1) is 32.0 Å². The number of carbonyl (C=O) groups excluding carboxylic acids is 1. The Morgan fingerprint density at radius 3 is 2.39 bits per heavy atom. The predicted octanol–water partition coefficient (Wildman–Crippen LogP) is 3.70. The van der Waals surface area contributed by atoms with Crippen LogP contribution in [0.2, 0.25) is 0 Å². The van der Waals surface area contributed by atoms with Crippen LogP contribution in [0, 0.1) is 23.7 Å². The van der Waals surface area contributed by atoms with Crippen LogP contribution in [0.4, 0.5) is 0 Å². The third kappa shape index (κ3) is 10.0. The van der Waals surface area contributed by atoms with E-state index in [1.165, 1.54) is 0 Å². The predicted molar refractivity (Wildman–Crippen MR) is 150 cm³/mol. The average molecular weight is 537 g/mol. The lowest BCUT2D eigenvalue weighted by Crippen LogP contribution is -2.46. The molecule has 1 amide bonds. The van der Waals surface area contributed by atoms with E-state index < -0.39 is 18.2 Å². The lowest BCUT2D eigenvalue weighted by atomic mass is 9.80. The summed E-state index contributed by atoms with van der Waals surface area (Å²) in [6, 6.07) is 5.36. The second kappa shape index (κ2) is 16.3. The molecule has 0 bridgehead atoms. The number of hydrogen-bond acceptors (Lipinski definition) is 7. The van der Waals surface area contributed by atoms with Crippen LogP contribution in [0.25, 0.3) is 0 Å². The van der Waals surface area contributed by atoms with Crippen molar-refractivity contribution >= 4 is 5.91 Å². The van der Waals surface area contributed by atoms with Crippen molar-refractivity contribution in [3.63, 3.8) is 0 Å². The molecule has 8 heteroatoms. The molecule has 5 N–H and O–H groups in total. The summed E-state index contributed by atoms with van der Waals surface area (Å²) >= 11 is 0. The van der Waals surface area contributed by atoms with Gasteiger partial charge < -0.3 is 35.5 Å². The van der Waals surface area contributed by atoms with Gasteiger partial charge in [-0.25, -0.2) is 0 Å². The van der Waals surface area contributed by atoms with Crippen molar-refractivity contribution in [2.75, 3.05) is 27.4 Å². The lowest BCUT2D eigenvalue weighted by Gasteiger charge is -2.30. The van der Waals surface area contributed by atoms with Crippen molar-refractivity contribution in [1.29, 1.82) is 0 Å². The van der Waals surface area contributed by atoms with Crippen LogP contribution in [-0.2, 0) is 16.0 Å². The van der Waals surface area contributed by atoms with Gasteiger partial charge in [-0.3, -0.25) is 4.79 Å². The topological polar surface area (TPSA) is 123 Å². The largest absolute Gasteiger partial charge is 0.493 e. The number of hydrogen-bond donors (Lipinski definition) is 4. The van der Waals surface area contributed by atoms with Crippen LogP contribution >= 0.6 is 0 Å². The Morgan fingerprint density at radius 1 is 1.08 bits per heavy atom. The fourth-order valence-corrected chi connectivity index (χ4v) is 5.26. The number of benzene rings is 1. The van der Waals surface area contributed by atoms with Gasteiger partial charge in [-0.05, 0) is 74.0 Å². The molecule has 1 aromatic rings. The van der Waals surface area contributed by atoms with Gasteiger partial charge >= 0.3 is 0 Å². The van der Waals surface area contributed by atoms with Gasteiger partial charge in [-0.15, -0.1) is 0 Å². The molecule has 1 aromatic carbocycles. The maximum atomic E-state index is 13.0. The van der Waals surface area contributed by atoms with Gasteiger partial charge in [0.15, 0.2) is 11.5 Å². The Kier molecular flexibility index (Phi) is 13.9. The number of amides is 1. The Hall–Kier alpha value is -1.87. The number of aliphatic hydroxyl groups is 2. The molecule has 8 nitrogen and oxygen atoms in total. The molecule has 0 unspecified atom stereocenters. The third-order valence-corrected chi connectivity index (χ3v) is 7.93. The van der Waals surface area contributed by atoms with Crippen molar-refractivity contribution in [3.8, 4) is 11.5 Å². The maximum absolute atomic E-state index is 13.0. The standard InChI is InChI=1S/C30H52N2O6/c1-19(2)22(15-21-11-12-28(37-6)29(16-21)38-14-8-13-36-5)17-24(31)27(34)18-23(20(3)4)30(35)32-25-9-7-10-26(25)33/h11-12,16,19-20,22-27,33-34H,7-10,13-15,17-18,31H2,1-6H3,(H,32,35)/t22-,23-,24-,25-,26-,27-/m0/s1. The summed E-state index contributed by atoms with van der Waals surface area (Å²) in [5.41, 5.74) is 7.66. The van der Waals surface area contributed by atoms with Gasteiger partial charge in [0.2, 0.25) is 5.91 Å². The first-order chi connectivity index (χ1) is 18.1. The first-order valence-electron chi connectivity index (χ1n) is 14.3. The van der Waals surface area contributed by atoms with Crippen LogP contribution in [0.5, 0.6) is 11.5 Å². The highest BCUT2D eigenvalue weighted by molar-refractivity contribution is 5.79. The molecule has 0 radical (unpaired) electrons. The molecule has 1 saturated carbocycles.